The molecule has 0 bridgehead atoms. The van der Waals surface area contributed by atoms with E-state index in [1.807, 2.05) is 0 Å². The van der Waals surface area contributed by atoms with E-state index in [9.17, 15) is 14.9 Å². The van der Waals surface area contributed by atoms with Gasteiger partial charge in [0.2, 0.25) is 0 Å². The minimum atomic E-state index is -0.653. The highest BCUT2D eigenvalue weighted by molar-refractivity contribution is 6.32. The van der Waals surface area contributed by atoms with Crippen molar-refractivity contribution in [2.24, 2.45) is 5.73 Å². The van der Waals surface area contributed by atoms with Gasteiger partial charge < -0.3 is 10.5 Å². The van der Waals surface area contributed by atoms with E-state index >= 15 is 0 Å². The Morgan fingerprint density at radius 3 is 2.83 bits per heavy atom. The van der Waals surface area contributed by atoms with Crippen LogP contribution in [-0.2, 0) is 9.53 Å². The first-order valence-corrected chi connectivity index (χ1v) is 5.68. The molecule has 0 aliphatic rings. The monoisotopic (exact) mass is 272 g/mol. The summed E-state index contributed by atoms with van der Waals surface area (Å²) >= 11 is 5.68. The molecule has 0 saturated heterocycles. The van der Waals surface area contributed by atoms with Crippen LogP contribution in [0.2, 0.25) is 5.02 Å². The highest BCUT2D eigenvalue weighted by Crippen LogP contribution is 2.28. The topological polar surface area (TPSA) is 95.5 Å². The summed E-state index contributed by atoms with van der Waals surface area (Å²) in [5.74, 6) is -0.442. The summed E-state index contributed by atoms with van der Waals surface area (Å²) in [4.78, 5) is 21.4. The van der Waals surface area contributed by atoms with Crippen LogP contribution >= 0.6 is 11.6 Å². The number of carbonyl (C=O) groups excluding carboxylic acids is 1. The number of nitro benzene ring substituents is 1. The van der Waals surface area contributed by atoms with Gasteiger partial charge in [-0.2, -0.15) is 0 Å². The van der Waals surface area contributed by atoms with Crippen molar-refractivity contribution in [2.75, 3.05) is 6.61 Å². The average molecular weight is 273 g/mol. The number of nitrogens with two attached hydrogens (primary N) is 1. The summed E-state index contributed by atoms with van der Waals surface area (Å²) in [6.45, 7) is 1.96. The van der Waals surface area contributed by atoms with Crippen LogP contribution in [0.1, 0.15) is 24.9 Å². The van der Waals surface area contributed by atoms with Gasteiger partial charge in [-0.25, -0.2) is 0 Å². The second-order valence-electron chi connectivity index (χ2n) is 3.58. The molecule has 1 rings (SSSR count). The van der Waals surface area contributed by atoms with Crippen LogP contribution in [0.3, 0.4) is 0 Å². The minimum Gasteiger partial charge on any atom is -0.466 e. The Labute approximate surface area is 109 Å². The molecule has 0 aliphatic heterocycles. The van der Waals surface area contributed by atoms with Crippen LogP contribution in [0.25, 0.3) is 0 Å². The Morgan fingerprint density at radius 2 is 2.28 bits per heavy atom. The van der Waals surface area contributed by atoms with E-state index in [2.05, 4.69) is 0 Å². The highest BCUT2D eigenvalue weighted by atomic mass is 35.5. The van der Waals surface area contributed by atoms with Gasteiger partial charge in [-0.3, -0.25) is 14.9 Å². The molecule has 1 aromatic carbocycles. The molecule has 0 spiro atoms. The maximum atomic E-state index is 11.3. The number of hydrogen-bond donors (Lipinski definition) is 1. The van der Waals surface area contributed by atoms with Gasteiger partial charge in [-0.1, -0.05) is 17.7 Å². The highest BCUT2D eigenvalue weighted by Gasteiger charge is 2.18. The molecule has 98 valence electrons. The average Bonchev–Trinajstić information content (AvgIpc) is 2.29. The first-order chi connectivity index (χ1) is 8.45. The molecular formula is C11H13ClN2O4. The van der Waals surface area contributed by atoms with Gasteiger partial charge in [0.25, 0.3) is 5.69 Å². The molecule has 1 atom stereocenters. The number of hydrogen-bond acceptors (Lipinski definition) is 5. The summed E-state index contributed by atoms with van der Waals surface area (Å²) in [7, 11) is 0. The van der Waals surface area contributed by atoms with E-state index in [1.54, 1.807) is 13.0 Å². The third-order valence-corrected chi connectivity index (χ3v) is 2.61. The van der Waals surface area contributed by atoms with Crippen molar-refractivity contribution in [3.05, 3.63) is 38.9 Å². The number of ether oxygens (including phenoxy) is 1. The summed E-state index contributed by atoms with van der Waals surface area (Å²) in [6, 6.07) is 3.56. The first-order valence-electron chi connectivity index (χ1n) is 5.30. The van der Waals surface area contributed by atoms with Crippen molar-refractivity contribution in [3.63, 3.8) is 0 Å². The fourth-order valence-electron chi connectivity index (χ4n) is 1.42. The van der Waals surface area contributed by atoms with Gasteiger partial charge in [-0.15, -0.1) is 0 Å². The normalized spacial score (nSPS) is 11.9. The molecular weight excluding hydrogens is 260 g/mol. The number of esters is 1. The third-order valence-electron chi connectivity index (χ3n) is 2.29. The molecule has 0 fully saturated rings. The molecule has 0 saturated carbocycles. The maximum absolute atomic E-state index is 11.3. The van der Waals surface area contributed by atoms with Crippen LogP contribution in [0, 0.1) is 10.1 Å². The van der Waals surface area contributed by atoms with Gasteiger partial charge >= 0.3 is 5.97 Å². The smallest absolute Gasteiger partial charge is 0.307 e. The molecule has 0 unspecified atom stereocenters. The van der Waals surface area contributed by atoms with Crippen LogP contribution in [0.4, 0.5) is 5.69 Å². The molecule has 6 nitrogen and oxygen atoms in total. The zero-order valence-corrected chi connectivity index (χ0v) is 10.5. The lowest BCUT2D eigenvalue weighted by molar-refractivity contribution is -0.384. The fourth-order valence-corrected chi connectivity index (χ4v) is 1.60. The third kappa shape index (κ3) is 3.68. The number of nitro groups is 1. The molecule has 0 heterocycles. The summed E-state index contributed by atoms with van der Waals surface area (Å²) < 4.78 is 4.76. The summed E-state index contributed by atoms with van der Waals surface area (Å²) in [5, 5.41) is 10.7. The van der Waals surface area contributed by atoms with Crippen LogP contribution < -0.4 is 5.73 Å². The summed E-state index contributed by atoms with van der Waals surface area (Å²) in [6.07, 6.45) is -0.0351. The van der Waals surface area contributed by atoms with E-state index in [-0.39, 0.29) is 23.7 Å². The van der Waals surface area contributed by atoms with Crippen molar-refractivity contribution in [1.29, 1.82) is 0 Å². The van der Waals surface area contributed by atoms with Crippen molar-refractivity contribution < 1.29 is 14.5 Å². The Hall–Kier alpha value is -1.66. The second-order valence-corrected chi connectivity index (χ2v) is 3.99. The van der Waals surface area contributed by atoms with Crippen molar-refractivity contribution in [3.8, 4) is 0 Å². The fraction of sp³-hybridized carbons (Fsp3) is 0.364. The Kier molecular flexibility index (Phi) is 5.06. The Bertz CT molecular complexity index is 464. The Morgan fingerprint density at radius 1 is 1.61 bits per heavy atom. The molecule has 18 heavy (non-hydrogen) atoms. The van der Waals surface area contributed by atoms with Crippen LogP contribution in [0.5, 0.6) is 0 Å². The molecule has 1 aromatic rings. The zero-order chi connectivity index (χ0) is 13.7. The van der Waals surface area contributed by atoms with Gasteiger partial charge in [0, 0.05) is 12.1 Å². The van der Waals surface area contributed by atoms with Gasteiger partial charge in [-0.05, 0) is 18.6 Å². The minimum absolute atomic E-state index is 0.0343. The van der Waals surface area contributed by atoms with E-state index in [0.29, 0.717) is 5.56 Å². The van der Waals surface area contributed by atoms with E-state index in [0.717, 1.165) is 0 Å². The van der Waals surface area contributed by atoms with Crippen LogP contribution in [-0.4, -0.2) is 17.5 Å². The Balaban J connectivity index is 2.86. The maximum Gasteiger partial charge on any atom is 0.307 e. The number of carbonyl (C=O) groups is 1. The largest absolute Gasteiger partial charge is 0.466 e. The number of nitrogens with zero attached hydrogens (tertiary/aromatic N) is 1. The lowest BCUT2D eigenvalue weighted by atomic mass is 10.0. The van der Waals surface area contributed by atoms with E-state index < -0.39 is 16.9 Å². The molecule has 7 heteroatoms. The van der Waals surface area contributed by atoms with Gasteiger partial charge in [0.05, 0.1) is 18.0 Å². The number of rotatable bonds is 5. The zero-order valence-electron chi connectivity index (χ0n) is 9.76. The van der Waals surface area contributed by atoms with Crippen LogP contribution in [0.15, 0.2) is 18.2 Å². The first kappa shape index (κ1) is 14.4. The van der Waals surface area contributed by atoms with E-state index in [4.69, 9.17) is 22.1 Å². The predicted molar refractivity (Wildman–Crippen MR) is 66.3 cm³/mol. The molecule has 2 N–H and O–H groups in total. The molecule has 0 radical (unpaired) electrons. The molecule has 0 amide bonds. The SMILES string of the molecule is CCOC(=O)C[C@@H](N)c1ccc(Cl)c([N+](=O)[O-])c1. The molecule has 0 aliphatic carbocycles. The van der Waals surface area contributed by atoms with Crippen molar-refractivity contribution in [2.45, 2.75) is 19.4 Å². The number of halogens is 1. The van der Waals surface area contributed by atoms with Gasteiger partial charge in [0.1, 0.15) is 5.02 Å². The standard InChI is InChI=1S/C11H13ClN2O4/c1-2-18-11(15)6-9(13)7-3-4-8(12)10(5-7)14(16)17/h3-5,9H,2,6,13H2,1H3/t9-/m1/s1. The number of benzene rings is 1. The van der Waals surface area contributed by atoms with E-state index in [1.165, 1.54) is 12.1 Å². The second kappa shape index (κ2) is 6.32. The predicted octanol–water partition coefficient (Wildman–Crippen LogP) is 2.20. The summed E-state index contributed by atoms with van der Waals surface area (Å²) in [5.41, 5.74) is 6.02. The van der Waals surface area contributed by atoms with Crippen molar-refractivity contribution in [1.82, 2.24) is 0 Å². The quantitative estimate of drug-likeness (QED) is 0.503. The lowest BCUT2D eigenvalue weighted by Crippen LogP contribution is -2.17. The van der Waals surface area contributed by atoms with Gasteiger partial charge in [0.15, 0.2) is 0 Å². The lowest BCUT2D eigenvalue weighted by Gasteiger charge is -2.11. The molecule has 0 aromatic heterocycles. The van der Waals surface area contributed by atoms with Crippen molar-refractivity contribution >= 4 is 23.3 Å².